The molecule has 1 aromatic carbocycles. The van der Waals surface area contributed by atoms with Crippen molar-refractivity contribution >= 4 is 29.0 Å². The van der Waals surface area contributed by atoms with E-state index in [1.54, 1.807) is 12.3 Å². The van der Waals surface area contributed by atoms with Crippen LogP contribution in [-0.4, -0.2) is 23.2 Å². The van der Waals surface area contributed by atoms with Crippen molar-refractivity contribution in [1.29, 1.82) is 0 Å². The monoisotopic (exact) mass is 351 g/mol. The molecule has 1 aliphatic rings. The van der Waals surface area contributed by atoms with Gasteiger partial charge in [-0.1, -0.05) is 29.3 Å². The quantitative estimate of drug-likeness (QED) is 0.876. The van der Waals surface area contributed by atoms with Crippen molar-refractivity contribution in [3.8, 4) is 5.75 Å². The maximum atomic E-state index is 10.1. The van der Waals surface area contributed by atoms with Gasteiger partial charge in [-0.15, -0.1) is 0 Å². The first-order valence-corrected chi connectivity index (χ1v) is 8.41. The number of nitrogens with zero attached hydrogens (tertiary/aromatic N) is 2. The smallest absolute Gasteiger partial charge is 0.128 e. The number of hydrogen-bond acceptors (Lipinski definition) is 4. The number of hydrogen-bond donors (Lipinski definition) is 2. The molecular formula is C17H19Cl2N3O. The zero-order chi connectivity index (χ0) is 16.4. The Labute approximate surface area is 145 Å². The van der Waals surface area contributed by atoms with E-state index in [2.05, 4.69) is 9.88 Å². The number of benzene rings is 1. The summed E-state index contributed by atoms with van der Waals surface area (Å²) in [7, 11) is 0. The van der Waals surface area contributed by atoms with Gasteiger partial charge in [0.25, 0.3) is 0 Å². The van der Waals surface area contributed by atoms with E-state index in [9.17, 15) is 5.11 Å². The van der Waals surface area contributed by atoms with Crippen molar-refractivity contribution in [2.45, 2.75) is 18.9 Å². The molecule has 4 nitrogen and oxygen atoms in total. The van der Waals surface area contributed by atoms with Gasteiger partial charge in [-0.3, -0.25) is 0 Å². The third-order valence-corrected chi connectivity index (χ3v) is 5.17. The number of piperidine rings is 1. The Morgan fingerprint density at radius 2 is 1.87 bits per heavy atom. The summed E-state index contributed by atoms with van der Waals surface area (Å²) >= 11 is 12.0. The van der Waals surface area contributed by atoms with Crippen molar-refractivity contribution in [2.24, 2.45) is 11.7 Å². The van der Waals surface area contributed by atoms with E-state index in [4.69, 9.17) is 28.9 Å². The van der Waals surface area contributed by atoms with Crippen LogP contribution >= 0.6 is 23.2 Å². The number of aromatic nitrogens is 1. The lowest BCUT2D eigenvalue weighted by Gasteiger charge is -2.35. The van der Waals surface area contributed by atoms with Gasteiger partial charge in [-0.05, 0) is 37.0 Å². The van der Waals surface area contributed by atoms with Crippen LogP contribution in [0, 0.1) is 5.92 Å². The molecule has 1 unspecified atom stereocenters. The summed E-state index contributed by atoms with van der Waals surface area (Å²) < 4.78 is 0. The molecule has 1 aliphatic heterocycles. The zero-order valence-electron chi connectivity index (χ0n) is 12.6. The van der Waals surface area contributed by atoms with Gasteiger partial charge in [0.1, 0.15) is 11.6 Å². The lowest BCUT2D eigenvalue weighted by atomic mass is 9.85. The highest BCUT2D eigenvalue weighted by Gasteiger charge is 2.27. The van der Waals surface area contributed by atoms with Gasteiger partial charge >= 0.3 is 0 Å². The average Bonchev–Trinajstić information content (AvgIpc) is 2.58. The van der Waals surface area contributed by atoms with Crippen molar-refractivity contribution in [2.75, 3.05) is 18.0 Å². The summed E-state index contributed by atoms with van der Waals surface area (Å²) in [5, 5.41) is 10.9. The molecule has 0 amide bonds. The van der Waals surface area contributed by atoms with Crippen molar-refractivity contribution in [3.05, 3.63) is 52.1 Å². The third-order valence-electron chi connectivity index (χ3n) is 4.45. The molecule has 1 atom stereocenters. The van der Waals surface area contributed by atoms with Gasteiger partial charge in [0, 0.05) is 37.0 Å². The molecule has 2 heterocycles. The summed E-state index contributed by atoms with van der Waals surface area (Å²) in [6.45, 7) is 1.80. The number of halogens is 2. The highest BCUT2D eigenvalue weighted by atomic mass is 35.5. The van der Waals surface area contributed by atoms with Crippen LogP contribution in [0.15, 0.2) is 36.5 Å². The van der Waals surface area contributed by atoms with Crippen molar-refractivity contribution in [3.63, 3.8) is 0 Å². The van der Waals surface area contributed by atoms with E-state index in [1.165, 1.54) is 6.07 Å². The number of pyridine rings is 1. The molecule has 23 heavy (non-hydrogen) atoms. The van der Waals surface area contributed by atoms with Crippen LogP contribution in [0.25, 0.3) is 0 Å². The number of nitrogens with two attached hydrogens (primary N) is 1. The molecule has 0 spiro atoms. The Bertz CT molecular complexity index is 673. The maximum absolute atomic E-state index is 10.1. The fourth-order valence-corrected chi connectivity index (χ4v) is 3.43. The second-order valence-electron chi connectivity index (χ2n) is 5.86. The number of rotatable bonds is 3. The molecule has 3 rings (SSSR count). The minimum absolute atomic E-state index is 0.110. The number of anilines is 1. The standard InChI is InChI=1S/C17H19Cl2N3O/c18-13-9-12(15(23)10-14(13)19)17(20)11-4-7-22(8-5-11)16-3-1-2-6-21-16/h1-3,6,9-11,17,23H,4-5,7-8,20H2. The lowest BCUT2D eigenvalue weighted by Crippen LogP contribution is -2.37. The fraction of sp³-hybridized carbons (Fsp3) is 0.353. The number of aromatic hydroxyl groups is 1. The predicted molar refractivity (Wildman–Crippen MR) is 94.2 cm³/mol. The largest absolute Gasteiger partial charge is 0.508 e. The molecule has 1 fully saturated rings. The molecule has 2 aromatic rings. The van der Waals surface area contributed by atoms with Crippen LogP contribution in [0.2, 0.25) is 10.0 Å². The van der Waals surface area contributed by atoms with E-state index in [0.717, 1.165) is 31.7 Å². The van der Waals surface area contributed by atoms with E-state index < -0.39 is 0 Å². The van der Waals surface area contributed by atoms with E-state index in [1.807, 2.05) is 18.2 Å². The molecule has 6 heteroatoms. The van der Waals surface area contributed by atoms with Crippen LogP contribution in [0.1, 0.15) is 24.4 Å². The zero-order valence-corrected chi connectivity index (χ0v) is 14.1. The van der Waals surface area contributed by atoms with E-state index in [-0.39, 0.29) is 17.7 Å². The first kappa shape index (κ1) is 16.4. The minimum Gasteiger partial charge on any atom is -0.508 e. The Hall–Kier alpha value is -1.49. The van der Waals surface area contributed by atoms with E-state index in [0.29, 0.717) is 15.6 Å². The normalized spacial score (nSPS) is 17.3. The second kappa shape index (κ2) is 6.95. The van der Waals surface area contributed by atoms with Crippen molar-refractivity contribution < 1.29 is 5.11 Å². The molecule has 1 aromatic heterocycles. The summed E-state index contributed by atoms with van der Waals surface area (Å²) in [5.41, 5.74) is 7.04. The van der Waals surface area contributed by atoms with E-state index >= 15 is 0 Å². The highest BCUT2D eigenvalue weighted by molar-refractivity contribution is 6.42. The summed E-state index contributed by atoms with van der Waals surface area (Å²) in [6, 6.07) is 8.81. The minimum atomic E-state index is -0.254. The first-order chi connectivity index (χ1) is 11.1. The summed E-state index contributed by atoms with van der Waals surface area (Å²) in [5.74, 6) is 1.40. The Morgan fingerprint density at radius 3 is 2.52 bits per heavy atom. The molecule has 0 saturated carbocycles. The predicted octanol–water partition coefficient (Wildman–Crippen LogP) is 4.01. The number of phenols is 1. The molecular weight excluding hydrogens is 333 g/mol. The maximum Gasteiger partial charge on any atom is 0.128 e. The molecule has 0 bridgehead atoms. The molecule has 0 radical (unpaired) electrons. The summed E-state index contributed by atoms with van der Waals surface area (Å²) in [6.07, 6.45) is 3.69. The lowest BCUT2D eigenvalue weighted by molar-refractivity contribution is 0.336. The molecule has 0 aliphatic carbocycles. The first-order valence-electron chi connectivity index (χ1n) is 7.65. The molecule has 1 saturated heterocycles. The summed E-state index contributed by atoms with van der Waals surface area (Å²) in [4.78, 5) is 6.65. The average molecular weight is 352 g/mol. The number of phenolic OH excluding ortho intramolecular Hbond substituents is 1. The van der Waals surface area contributed by atoms with Crippen LogP contribution in [0.5, 0.6) is 5.75 Å². The topological polar surface area (TPSA) is 62.4 Å². The SMILES string of the molecule is NC(c1cc(Cl)c(Cl)cc1O)C1CCN(c2ccccn2)CC1. The van der Waals surface area contributed by atoms with Crippen LogP contribution in [0.4, 0.5) is 5.82 Å². The van der Waals surface area contributed by atoms with Gasteiger partial charge in [-0.25, -0.2) is 4.98 Å². The molecule has 3 N–H and O–H groups in total. The van der Waals surface area contributed by atoms with Gasteiger partial charge < -0.3 is 15.7 Å². The van der Waals surface area contributed by atoms with Gasteiger partial charge in [0.2, 0.25) is 0 Å². The van der Waals surface area contributed by atoms with Crippen LogP contribution in [-0.2, 0) is 0 Å². The third kappa shape index (κ3) is 3.55. The molecule has 122 valence electrons. The van der Waals surface area contributed by atoms with Gasteiger partial charge in [0.05, 0.1) is 10.0 Å². The van der Waals surface area contributed by atoms with Gasteiger partial charge in [0.15, 0.2) is 0 Å². The van der Waals surface area contributed by atoms with Crippen LogP contribution in [0.3, 0.4) is 0 Å². The van der Waals surface area contributed by atoms with Gasteiger partial charge in [-0.2, -0.15) is 0 Å². The highest BCUT2D eigenvalue weighted by Crippen LogP contribution is 2.38. The second-order valence-corrected chi connectivity index (χ2v) is 6.68. The Morgan fingerprint density at radius 1 is 1.17 bits per heavy atom. The fourth-order valence-electron chi connectivity index (χ4n) is 3.10. The Balaban J connectivity index is 1.69. The Kier molecular flexibility index (Phi) is 4.95. The van der Waals surface area contributed by atoms with Crippen LogP contribution < -0.4 is 10.6 Å². The van der Waals surface area contributed by atoms with Crippen molar-refractivity contribution in [1.82, 2.24) is 4.98 Å².